The Bertz CT molecular complexity index is 268. The Morgan fingerprint density at radius 1 is 1.38 bits per heavy atom. The van der Waals surface area contributed by atoms with E-state index >= 15 is 0 Å². The second-order valence-electron chi connectivity index (χ2n) is 5.74. The first-order valence-corrected chi connectivity index (χ1v) is 5.98. The highest BCUT2D eigenvalue weighted by Crippen LogP contribution is 2.49. The zero-order valence-electron chi connectivity index (χ0n) is 10.6. The summed E-state index contributed by atoms with van der Waals surface area (Å²) in [5.41, 5.74) is -1.25. The lowest BCUT2D eigenvalue weighted by atomic mass is 9.76. The van der Waals surface area contributed by atoms with Crippen LogP contribution in [-0.4, -0.2) is 33.1 Å². The van der Waals surface area contributed by atoms with E-state index in [0.717, 1.165) is 0 Å². The third kappa shape index (κ3) is 2.47. The van der Waals surface area contributed by atoms with Gasteiger partial charge in [-0.2, -0.15) is 0 Å². The minimum atomic E-state index is -0.896. The summed E-state index contributed by atoms with van der Waals surface area (Å²) in [7, 11) is 0. The molecule has 1 aliphatic carbocycles. The fourth-order valence-corrected chi connectivity index (χ4v) is 2.62. The van der Waals surface area contributed by atoms with Crippen LogP contribution in [0.3, 0.4) is 0 Å². The normalized spacial score (nSPS) is 40.4. The topological polar surface area (TPSA) is 60.7 Å². The largest absolute Gasteiger partial charge is 0.392 e. The minimum absolute atomic E-state index is 0.129. The first-order chi connectivity index (χ1) is 7.21. The molecule has 0 heterocycles. The summed E-state index contributed by atoms with van der Waals surface area (Å²) in [4.78, 5) is 0. The van der Waals surface area contributed by atoms with Crippen LogP contribution in [-0.2, 0) is 0 Å². The fraction of sp³-hybridized carbons (Fsp3) is 0.846. The highest BCUT2D eigenvalue weighted by Gasteiger charge is 2.53. The van der Waals surface area contributed by atoms with Crippen LogP contribution in [0, 0.1) is 11.3 Å². The first-order valence-electron chi connectivity index (χ1n) is 5.98. The van der Waals surface area contributed by atoms with E-state index in [4.69, 9.17) is 0 Å². The lowest BCUT2D eigenvalue weighted by molar-refractivity contribution is 0.0181. The molecule has 1 saturated carbocycles. The number of rotatable bonds is 3. The van der Waals surface area contributed by atoms with Crippen LogP contribution in [0.4, 0.5) is 0 Å². The molecule has 0 aromatic carbocycles. The monoisotopic (exact) mass is 228 g/mol. The maximum atomic E-state index is 10.3. The zero-order valence-corrected chi connectivity index (χ0v) is 10.6. The summed E-state index contributed by atoms with van der Waals surface area (Å²) in [5.74, 6) is -0.129. The van der Waals surface area contributed by atoms with E-state index in [1.807, 2.05) is 26.8 Å². The van der Waals surface area contributed by atoms with Crippen molar-refractivity contribution in [3.05, 3.63) is 12.2 Å². The Morgan fingerprint density at radius 2 is 1.94 bits per heavy atom. The minimum Gasteiger partial charge on any atom is -0.392 e. The molecule has 4 atom stereocenters. The highest BCUT2D eigenvalue weighted by molar-refractivity contribution is 5.13. The van der Waals surface area contributed by atoms with Crippen LogP contribution in [0.15, 0.2) is 12.2 Å². The molecule has 16 heavy (non-hydrogen) atoms. The predicted octanol–water partition coefficient (Wildman–Crippen LogP) is 1.47. The number of aliphatic hydroxyl groups is 3. The third-order valence-corrected chi connectivity index (χ3v) is 3.88. The maximum absolute atomic E-state index is 10.3. The molecule has 94 valence electrons. The van der Waals surface area contributed by atoms with Crippen LogP contribution in [0.5, 0.6) is 0 Å². The van der Waals surface area contributed by atoms with Crippen molar-refractivity contribution in [1.82, 2.24) is 0 Å². The van der Waals surface area contributed by atoms with Crippen LogP contribution in [0.2, 0.25) is 0 Å². The van der Waals surface area contributed by atoms with Gasteiger partial charge in [0, 0.05) is 12.3 Å². The molecule has 3 heteroatoms. The molecule has 1 fully saturated rings. The molecule has 0 amide bonds. The molecule has 1 rings (SSSR count). The van der Waals surface area contributed by atoms with E-state index in [0.29, 0.717) is 12.8 Å². The van der Waals surface area contributed by atoms with E-state index in [1.165, 1.54) is 0 Å². The smallest absolute Gasteiger partial charge is 0.0718 e. The van der Waals surface area contributed by atoms with E-state index in [1.54, 1.807) is 13.0 Å². The van der Waals surface area contributed by atoms with Crippen LogP contribution in [0.1, 0.15) is 40.5 Å². The van der Waals surface area contributed by atoms with Crippen molar-refractivity contribution in [2.75, 3.05) is 0 Å². The molecule has 3 nitrogen and oxygen atoms in total. The maximum Gasteiger partial charge on any atom is 0.0718 e. The van der Waals surface area contributed by atoms with Crippen LogP contribution in [0.25, 0.3) is 0 Å². The Morgan fingerprint density at radius 3 is 2.31 bits per heavy atom. The van der Waals surface area contributed by atoms with Crippen LogP contribution < -0.4 is 0 Å². The van der Waals surface area contributed by atoms with Gasteiger partial charge in [0.15, 0.2) is 0 Å². The SMILES string of the molecule is CCC(O)/C=C/C1C(C)(O)CC(O)C1(C)C. The summed E-state index contributed by atoms with van der Waals surface area (Å²) in [6, 6.07) is 0. The van der Waals surface area contributed by atoms with Crippen molar-refractivity contribution in [1.29, 1.82) is 0 Å². The van der Waals surface area contributed by atoms with Gasteiger partial charge in [0.05, 0.1) is 17.8 Å². The van der Waals surface area contributed by atoms with Gasteiger partial charge in [0.1, 0.15) is 0 Å². The summed E-state index contributed by atoms with van der Waals surface area (Å²) < 4.78 is 0. The van der Waals surface area contributed by atoms with E-state index < -0.39 is 17.8 Å². The predicted molar refractivity (Wildman–Crippen MR) is 64.0 cm³/mol. The molecule has 0 bridgehead atoms. The van der Waals surface area contributed by atoms with Crippen molar-refractivity contribution in [2.24, 2.45) is 11.3 Å². The van der Waals surface area contributed by atoms with Crippen LogP contribution >= 0.6 is 0 Å². The molecule has 0 radical (unpaired) electrons. The van der Waals surface area contributed by atoms with Crippen molar-refractivity contribution in [3.8, 4) is 0 Å². The average Bonchev–Trinajstić information content (AvgIpc) is 2.30. The Kier molecular flexibility index (Phi) is 3.83. The molecule has 0 spiro atoms. The molecule has 1 aliphatic rings. The highest BCUT2D eigenvalue weighted by atomic mass is 16.3. The lowest BCUT2D eigenvalue weighted by Crippen LogP contribution is -2.35. The molecule has 0 aromatic heterocycles. The van der Waals surface area contributed by atoms with Gasteiger partial charge in [-0.1, -0.05) is 32.9 Å². The van der Waals surface area contributed by atoms with Crippen molar-refractivity contribution in [2.45, 2.75) is 58.3 Å². The molecule has 0 aromatic rings. The second-order valence-corrected chi connectivity index (χ2v) is 5.74. The van der Waals surface area contributed by atoms with Crippen molar-refractivity contribution >= 4 is 0 Å². The Balaban J connectivity index is 2.88. The van der Waals surface area contributed by atoms with Gasteiger partial charge in [-0.05, 0) is 18.8 Å². The van der Waals surface area contributed by atoms with Gasteiger partial charge in [0.2, 0.25) is 0 Å². The van der Waals surface area contributed by atoms with E-state index in [9.17, 15) is 15.3 Å². The molecule has 0 aliphatic heterocycles. The van der Waals surface area contributed by atoms with Gasteiger partial charge in [-0.15, -0.1) is 0 Å². The summed E-state index contributed by atoms with van der Waals surface area (Å²) in [6.07, 6.45) is 3.65. The molecular weight excluding hydrogens is 204 g/mol. The van der Waals surface area contributed by atoms with Crippen molar-refractivity contribution in [3.63, 3.8) is 0 Å². The fourth-order valence-electron chi connectivity index (χ4n) is 2.62. The number of hydrogen-bond acceptors (Lipinski definition) is 3. The van der Waals surface area contributed by atoms with E-state index in [-0.39, 0.29) is 11.3 Å². The molecule has 3 N–H and O–H groups in total. The Labute approximate surface area is 97.8 Å². The average molecular weight is 228 g/mol. The van der Waals surface area contributed by atoms with Gasteiger partial charge in [-0.3, -0.25) is 0 Å². The third-order valence-electron chi connectivity index (χ3n) is 3.88. The van der Waals surface area contributed by atoms with Gasteiger partial charge >= 0.3 is 0 Å². The first kappa shape index (κ1) is 13.7. The number of hydrogen-bond donors (Lipinski definition) is 3. The molecule has 0 saturated heterocycles. The quantitative estimate of drug-likeness (QED) is 0.641. The Hall–Kier alpha value is -0.380. The van der Waals surface area contributed by atoms with Gasteiger partial charge in [-0.25, -0.2) is 0 Å². The van der Waals surface area contributed by atoms with E-state index in [2.05, 4.69) is 0 Å². The standard InChI is InChI=1S/C13H24O3/c1-5-9(14)6-7-10-12(2,3)11(15)8-13(10,4)16/h6-7,9-11,14-16H,5,8H2,1-4H3/b7-6+. The van der Waals surface area contributed by atoms with Crippen molar-refractivity contribution < 1.29 is 15.3 Å². The summed E-state index contributed by atoms with van der Waals surface area (Å²) in [5, 5.41) is 29.7. The van der Waals surface area contributed by atoms with Gasteiger partial charge < -0.3 is 15.3 Å². The van der Waals surface area contributed by atoms with Gasteiger partial charge in [0.25, 0.3) is 0 Å². The number of aliphatic hydroxyl groups excluding tert-OH is 2. The summed E-state index contributed by atoms with van der Waals surface area (Å²) in [6.45, 7) is 7.55. The summed E-state index contributed by atoms with van der Waals surface area (Å²) >= 11 is 0. The second kappa shape index (κ2) is 4.47. The zero-order chi connectivity index (χ0) is 12.6. The molecule has 4 unspecified atom stereocenters. The lowest BCUT2D eigenvalue weighted by Gasteiger charge is -2.32. The molecular formula is C13H24O3.